The van der Waals surface area contributed by atoms with Gasteiger partial charge >= 0.3 is 5.97 Å². The van der Waals surface area contributed by atoms with Crippen molar-refractivity contribution in [3.05, 3.63) is 16.5 Å². The largest absolute Gasteiger partial charge is 0.475 e. The lowest BCUT2D eigenvalue weighted by atomic mass is 10.3. The summed E-state index contributed by atoms with van der Waals surface area (Å²) in [6.45, 7) is 0.612. The molecular weight excluding hydrogens is 318 g/mol. The lowest BCUT2D eigenvalue weighted by molar-refractivity contribution is 0.00481. The van der Waals surface area contributed by atoms with Crippen molar-refractivity contribution in [3.63, 3.8) is 0 Å². The molecular formula is C8H8BrNO6S. The van der Waals surface area contributed by atoms with Crippen LogP contribution in [-0.4, -0.2) is 38.7 Å². The van der Waals surface area contributed by atoms with Crippen LogP contribution >= 0.6 is 15.9 Å². The third-order valence-electron chi connectivity index (χ3n) is 2.12. The molecule has 1 aromatic heterocycles. The molecule has 1 aromatic rings. The molecule has 2 rings (SSSR count). The van der Waals surface area contributed by atoms with E-state index >= 15 is 0 Å². The van der Waals surface area contributed by atoms with Crippen LogP contribution in [0, 0.1) is 0 Å². The Balaban J connectivity index is 2.28. The number of ether oxygens (including phenoxy) is 1. The quantitative estimate of drug-likeness (QED) is 0.830. The molecule has 94 valence electrons. The molecule has 1 fully saturated rings. The first-order chi connectivity index (χ1) is 7.90. The van der Waals surface area contributed by atoms with Gasteiger partial charge in [0.05, 0.1) is 19.3 Å². The number of aromatic carboxylic acids is 1. The zero-order valence-electron chi connectivity index (χ0n) is 8.34. The summed E-state index contributed by atoms with van der Waals surface area (Å²) in [5.41, 5.74) is 0. The van der Waals surface area contributed by atoms with Gasteiger partial charge in [0, 0.05) is 6.07 Å². The van der Waals surface area contributed by atoms with Gasteiger partial charge in [-0.1, -0.05) is 0 Å². The van der Waals surface area contributed by atoms with Gasteiger partial charge in [-0.15, -0.1) is 0 Å². The molecule has 0 atom stereocenters. The first-order valence-corrected chi connectivity index (χ1v) is 6.80. The number of sulfonamides is 1. The maximum absolute atomic E-state index is 11.8. The monoisotopic (exact) mass is 325 g/mol. The highest BCUT2D eigenvalue weighted by Gasteiger charge is 2.30. The molecule has 0 spiro atoms. The number of hydrogen-bond acceptors (Lipinski definition) is 5. The highest BCUT2D eigenvalue weighted by molar-refractivity contribution is 9.10. The van der Waals surface area contributed by atoms with Crippen LogP contribution in [0.4, 0.5) is 0 Å². The summed E-state index contributed by atoms with van der Waals surface area (Å²) in [6.07, 6.45) is 0. The third-order valence-corrected chi connectivity index (χ3v) is 4.49. The molecule has 2 heterocycles. The number of carbonyl (C=O) groups is 1. The predicted octanol–water partition coefficient (Wildman–Crippen LogP) is 0.417. The van der Waals surface area contributed by atoms with E-state index in [0.29, 0.717) is 13.2 Å². The summed E-state index contributed by atoms with van der Waals surface area (Å²) in [7, 11) is -3.80. The number of nitrogens with one attached hydrogen (secondary N) is 1. The normalized spacial score (nSPS) is 16.8. The minimum absolute atomic E-state index is 0.136. The summed E-state index contributed by atoms with van der Waals surface area (Å²) in [4.78, 5) is 10.4. The SMILES string of the molecule is O=C(O)c1cc(S(=O)(=O)NC2COC2)c(Br)o1. The number of carboxylic acid groups (broad SMARTS) is 1. The van der Waals surface area contributed by atoms with Gasteiger partial charge in [-0.2, -0.15) is 0 Å². The van der Waals surface area contributed by atoms with Crippen molar-refractivity contribution in [2.45, 2.75) is 10.9 Å². The Bertz CT molecular complexity index is 546. The van der Waals surface area contributed by atoms with E-state index in [1.165, 1.54) is 0 Å². The third kappa shape index (κ3) is 2.51. The topological polar surface area (TPSA) is 106 Å². The smallest absolute Gasteiger partial charge is 0.371 e. The van der Waals surface area contributed by atoms with Crippen molar-refractivity contribution in [2.75, 3.05) is 13.2 Å². The lowest BCUT2D eigenvalue weighted by Gasteiger charge is -2.26. The number of carboxylic acids is 1. The molecule has 0 aromatic carbocycles. The van der Waals surface area contributed by atoms with E-state index in [2.05, 4.69) is 20.7 Å². The summed E-state index contributed by atoms with van der Waals surface area (Å²) in [6, 6.07) is 0.670. The van der Waals surface area contributed by atoms with Crippen LogP contribution in [0.2, 0.25) is 0 Å². The van der Waals surface area contributed by atoms with Gasteiger partial charge in [0.2, 0.25) is 15.8 Å². The highest BCUT2D eigenvalue weighted by Crippen LogP contribution is 2.26. The van der Waals surface area contributed by atoms with Crippen LogP contribution in [0.1, 0.15) is 10.6 Å². The van der Waals surface area contributed by atoms with Gasteiger partial charge in [0.1, 0.15) is 4.90 Å². The summed E-state index contributed by atoms with van der Waals surface area (Å²) in [5.74, 6) is -1.78. The minimum atomic E-state index is -3.80. The van der Waals surface area contributed by atoms with Crippen LogP contribution in [-0.2, 0) is 14.8 Å². The van der Waals surface area contributed by atoms with Gasteiger partial charge in [-0.25, -0.2) is 17.9 Å². The summed E-state index contributed by atoms with van der Waals surface area (Å²) < 4.78 is 35.5. The lowest BCUT2D eigenvalue weighted by Crippen LogP contribution is -2.48. The number of halogens is 1. The molecule has 0 aliphatic carbocycles. The maximum atomic E-state index is 11.8. The van der Waals surface area contributed by atoms with Crippen LogP contribution < -0.4 is 4.72 Å². The molecule has 0 saturated carbocycles. The molecule has 0 bridgehead atoms. The Morgan fingerprint density at radius 2 is 2.18 bits per heavy atom. The molecule has 2 N–H and O–H groups in total. The Morgan fingerprint density at radius 1 is 1.53 bits per heavy atom. The van der Waals surface area contributed by atoms with E-state index in [1.54, 1.807) is 0 Å². The second-order valence-electron chi connectivity index (χ2n) is 3.41. The fraction of sp³-hybridized carbons (Fsp3) is 0.375. The van der Waals surface area contributed by atoms with Crippen molar-refractivity contribution in [3.8, 4) is 0 Å². The molecule has 1 saturated heterocycles. The first kappa shape index (κ1) is 12.6. The zero-order valence-corrected chi connectivity index (χ0v) is 10.7. The average molecular weight is 326 g/mol. The summed E-state index contributed by atoms with van der Waals surface area (Å²) in [5, 5.41) is 8.68. The standard InChI is InChI=1S/C8H8BrNO6S/c9-7-6(1-5(16-7)8(11)12)17(13,14)10-4-2-15-3-4/h1,4,10H,2-3H2,(H,11,12). The van der Waals surface area contributed by atoms with Gasteiger partial charge in [-0.05, 0) is 15.9 Å². The number of hydrogen-bond donors (Lipinski definition) is 2. The van der Waals surface area contributed by atoms with Crippen molar-refractivity contribution < 1.29 is 27.5 Å². The molecule has 7 nitrogen and oxygen atoms in total. The Labute approximate surface area is 105 Å². The van der Waals surface area contributed by atoms with E-state index in [9.17, 15) is 13.2 Å². The molecule has 17 heavy (non-hydrogen) atoms. The number of furan rings is 1. The van der Waals surface area contributed by atoms with E-state index in [4.69, 9.17) is 14.3 Å². The van der Waals surface area contributed by atoms with Gasteiger partial charge in [-0.3, -0.25) is 0 Å². The second kappa shape index (κ2) is 4.41. The van der Waals surface area contributed by atoms with Crippen molar-refractivity contribution >= 4 is 31.9 Å². The predicted molar refractivity (Wildman–Crippen MR) is 58.3 cm³/mol. The summed E-state index contributed by atoms with van der Waals surface area (Å²) >= 11 is 2.87. The molecule has 1 aliphatic heterocycles. The van der Waals surface area contributed by atoms with Crippen molar-refractivity contribution in [2.24, 2.45) is 0 Å². The van der Waals surface area contributed by atoms with Crippen LogP contribution in [0.15, 0.2) is 20.0 Å². The van der Waals surface area contributed by atoms with Gasteiger partial charge < -0.3 is 14.3 Å². The minimum Gasteiger partial charge on any atom is -0.475 e. The van der Waals surface area contributed by atoms with Crippen molar-refractivity contribution in [1.29, 1.82) is 0 Å². The van der Waals surface area contributed by atoms with Crippen LogP contribution in [0.5, 0.6) is 0 Å². The van der Waals surface area contributed by atoms with E-state index in [-0.39, 0.29) is 15.6 Å². The average Bonchev–Trinajstić information content (AvgIpc) is 2.55. The molecule has 9 heteroatoms. The number of rotatable bonds is 4. The van der Waals surface area contributed by atoms with E-state index < -0.39 is 21.8 Å². The fourth-order valence-electron chi connectivity index (χ4n) is 1.23. The van der Waals surface area contributed by atoms with Crippen molar-refractivity contribution in [1.82, 2.24) is 4.72 Å². The Kier molecular flexibility index (Phi) is 3.25. The van der Waals surface area contributed by atoms with Crippen LogP contribution in [0.3, 0.4) is 0 Å². The van der Waals surface area contributed by atoms with Gasteiger partial charge in [0.15, 0.2) is 4.67 Å². The highest BCUT2D eigenvalue weighted by atomic mass is 79.9. The molecule has 1 aliphatic rings. The van der Waals surface area contributed by atoms with E-state index in [1.807, 2.05) is 0 Å². The Morgan fingerprint density at radius 3 is 2.59 bits per heavy atom. The van der Waals surface area contributed by atoms with E-state index in [0.717, 1.165) is 6.07 Å². The Hall–Kier alpha value is -0.900. The van der Waals surface area contributed by atoms with Crippen LogP contribution in [0.25, 0.3) is 0 Å². The second-order valence-corrected chi connectivity index (χ2v) is 5.81. The molecule has 0 amide bonds. The van der Waals surface area contributed by atoms with Gasteiger partial charge in [0.25, 0.3) is 0 Å². The maximum Gasteiger partial charge on any atom is 0.371 e. The molecule has 0 unspecified atom stereocenters. The first-order valence-electron chi connectivity index (χ1n) is 4.53. The zero-order chi connectivity index (χ0) is 12.6. The molecule has 0 radical (unpaired) electrons. The fourth-order valence-corrected chi connectivity index (χ4v) is 3.37.